The molecule has 2 amide bonds. The molecule has 0 radical (unpaired) electrons. The van der Waals surface area contributed by atoms with Crippen molar-refractivity contribution < 1.29 is 18.0 Å². The van der Waals surface area contributed by atoms with Gasteiger partial charge in [0.05, 0.1) is 0 Å². The lowest BCUT2D eigenvalue weighted by Crippen LogP contribution is -2.45. The van der Waals surface area contributed by atoms with Gasteiger partial charge in [0.1, 0.15) is 9.46 Å². The number of carbonyl (C=O) groups is 2. The SMILES string of the molecule is CC[C@H](C)NC(=O)C(=O)NC[C@H](c1cccnc1)S(=O)(=O)c1cccs1. The van der Waals surface area contributed by atoms with Crippen LogP contribution in [0.3, 0.4) is 0 Å². The highest BCUT2D eigenvalue weighted by atomic mass is 32.2. The zero-order valence-corrected chi connectivity index (χ0v) is 16.1. The molecule has 7 nitrogen and oxygen atoms in total. The van der Waals surface area contributed by atoms with Gasteiger partial charge in [-0.2, -0.15) is 0 Å². The van der Waals surface area contributed by atoms with Gasteiger partial charge in [0.2, 0.25) is 0 Å². The molecule has 0 spiro atoms. The maximum atomic E-state index is 12.9. The summed E-state index contributed by atoms with van der Waals surface area (Å²) < 4.78 is 26.1. The fraction of sp³-hybridized carbons (Fsp3) is 0.353. The summed E-state index contributed by atoms with van der Waals surface area (Å²) in [6.45, 7) is 3.44. The molecule has 140 valence electrons. The summed E-state index contributed by atoms with van der Waals surface area (Å²) in [6, 6.07) is 6.28. The molecule has 0 aliphatic heterocycles. The lowest BCUT2D eigenvalue weighted by Gasteiger charge is -2.18. The van der Waals surface area contributed by atoms with Crippen molar-refractivity contribution in [2.24, 2.45) is 0 Å². The molecule has 2 rings (SSSR count). The highest BCUT2D eigenvalue weighted by Gasteiger charge is 2.31. The molecule has 2 N–H and O–H groups in total. The molecule has 0 aromatic carbocycles. The van der Waals surface area contributed by atoms with Gasteiger partial charge in [-0.1, -0.05) is 19.1 Å². The summed E-state index contributed by atoms with van der Waals surface area (Å²) in [7, 11) is -3.73. The van der Waals surface area contributed by atoms with Crippen LogP contribution >= 0.6 is 11.3 Å². The predicted octanol–water partition coefficient (Wildman–Crippen LogP) is 1.69. The molecule has 0 unspecified atom stereocenters. The Hall–Kier alpha value is -2.26. The zero-order valence-electron chi connectivity index (χ0n) is 14.5. The van der Waals surface area contributed by atoms with Gasteiger partial charge < -0.3 is 10.6 Å². The van der Waals surface area contributed by atoms with Crippen LogP contribution in [-0.4, -0.2) is 37.8 Å². The van der Waals surface area contributed by atoms with Crippen molar-refractivity contribution in [3.63, 3.8) is 0 Å². The third-order valence-electron chi connectivity index (χ3n) is 3.85. The van der Waals surface area contributed by atoms with Gasteiger partial charge in [0.15, 0.2) is 9.84 Å². The monoisotopic (exact) mass is 395 g/mol. The van der Waals surface area contributed by atoms with E-state index in [-0.39, 0.29) is 16.8 Å². The Labute approximate surface area is 156 Å². The number of sulfone groups is 1. The van der Waals surface area contributed by atoms with Crippen LogP contribution in [0.1, 0.15) is 31.1 Å². The fourth-order valence-electron chi connectivity index (χ4n) is 2.20. The maximum Gasteiger partial charge on any atom is 0.309 e. The van der Waals surface area contributed by atoms with Crippen molar-refractivity contribution >= 4 is 33.0 Å². The van der Waals surface area contributed by atoms with Crippen molar-refractivity contribution in [2.45, 2.75) is 35.8 Å². The summed E-state index contributed by atoms with van der Waals surface area (Å²) in [5.41, 5.74) is 0.448. The minimum Gasteiger partial charge on any atom is -0.346 e. The molecular formula is C17H21N3O4S2. The van der Waals surface area contributed by atoms with Crippen LogP contribution in [-0.2, 0) is 19.4 Å². The highest BCUT2D eigenvalue weighted by Crippen LogP contribution is 2.30. The van der Waals surface area contributed by atoms with E-state index >= 15 is 0 Å². The van der Waals surface area contributed by atoms with Crippen LogP contribution < -0.4 is 10.6 Å². The molecule has 0 bridgehead atoms. The lowest BCUT2D eigenvalue weighted by atomic mass is 10.2. The van der Waals surface area contributed by atoms with Gasteiger partial charge in [-0.25, -0.2) is 8.42 Å². The Morgan fingerprint density at radius 1 is 1.23 bits per heavy atom. The van der Waals surface area contributed by atoms with E-state index in [2.05, 4.69) is 15.6 Å². The van der Waals surface area contributed by atoms with Gasteiger partial charge in [-0.15, -0.1) is 11.3 Å². The van der Waals surface area contributed by atoms with Gasteiger partial charge in [-0.3, -0.25) is 14.6 Å². The number of pyridine rings is 1. The van der Waals surface area contributed by atoms with Crippen molar-refractivity contribution in [3.05, 3.63) is 47.6 Å². The number of nitrogens with one attached hydrogen (secondary N) is 2. The minimum absolute atomic E-state index is 0.141. The molecule has 0 aliphatic carbocycles. The van der Waals surface area contributed by atoms with Crippen LogP contribution in [0.15, 0.2) is 46.2 Å². The molecule has 9 heteroatoms. The summed E-state index contributed by atoms with van der Waals surface area (Å²) in [4.78, 5) is 27.8. The Kier molecular flexibility index (Phi) is 6.87. The van der Waals surface area contributed by atoms with Gasteiger partial charge in [0, 0.05) is 25.0 Å². The summed E-state index contributed by atoms with van der Waals surface area (Å²) in [5.74, 6) is -1.64. The quantitative estimate of drug-likeness (QED) is 0.694. The number of hydrogen-bond acceptors (Lipinski definition) is 6. The lowest BCUT2D eigenvalue weighted by molar-refractivity contribution is -0.139. The van der Waals surface area contributed by atoms with Gasteiger partial charge in [0.25, 0.3) is 0 Å². The molecule has 0 aliphatic rings. The summed E-state index contributed by atoms with van der Waals surface area (Å²) in [5, 5.41) is 5.61. The van der Waals surface area contributed by atoms with Crippen molar-refractivity contribution in [1.29, 1.82) is 0 Å². The predicted molar refractivity (Wildman–Crippen MR) is 99.4 cm³/mol. The molecule has 2 aromatic rings. The van der Waals surface area contributed by atoms with Crippen LogP contribution in [0.2, 0.25) is 0 Å². The average Bonchev–Trinajstić information content (AvgIpc) is 3.17. The van der Waals surface area contributed by atoms with E-state index in [0.717, 1.165) is 11.3 Å². The first kappa shape index (κ1) is 20.1. The highest BCUT2D eigenvalue weighted by molar-refractivity contribution is 7.93. The van der Waals surface area contributed by atoms with Gasteiger partial charge in [-0.05, 0) is 36.4 Å². The number of nitrogens with zero attached hydrogens (tertiary/aromatic N) is 1. The molecular weight excluding hydrogens is 374 g/mol. The summed E-state index contributed by atoms with van der Waals surface area (Å²) in [6.07, 6.45) is 3.67. The number of thiophene rings is 1. The van der Waals surface area contributed by atoms with E-state index in [1.54, 1.807) is 30.5 Å². The normalized spacial score (nSPS) is 13.6. The van der Waals surface area contributed by atoms with E-state index in [1.165, 1.54) is 18.5 Å². The zero-order chi connectivity index (χ0) is 19.2. The average molecular weight is 396 g/mol. The first-order valence-electron chi connectivity index (χ1n) is 8.12. The number of hydrogen-bond donors (Lipinski definition) is 2. The maximum absolute atomic E-state index is 12.9. The standard InChI is InChI=1S/C17H21N3O4S2/c1-3-12(2)20-17(22)16(21)19-11-14(13-6-4-8-18-10-13)26(23,24)15-7-5-9-25-15/h4-10,12,14H,3,11H2,1-2H3,(H,19,21)(H,20,22)/t12-,14+/m0/s1. The largest absolute Gasteiger partial charge is 0.346 e. The third-order valence-corrected chi connectivity index (χ3v) is 7.38. The molecule has 0 saturated carbocycles. The second kappa shape index (κ2) is 8.91. The first-order chi connectivity index (χ1) is 12.4. The van der Waals surface area contributed by atoms with Crippen LogP contribution in [0, 0.1) is 0 Å². The van der Waals surface area contributed by atoms with Crippen molar-refractivity contribution in [3.8, 4) is 0 Å². The number of rotatable bonds is 7. The third kappa shape index (κ3) is 4.89. The second-order valence-corrected chi connectivity index (χ2v) is 9.05. The Morgan fingerprint density at radius 3 is 2.58 bits per heavy atom. The smallest absolute Gasteiger partial charge is 0.309 e. The van der Waals surface area contributed by atoms with E-state index in [0.29, 0.717) is 12.0 Å². The van der Waals surface area contributed by atoms with Crippen LogP contribution in [0.4, 0.5) is 0 Å². The van der Waals surface area contributed by atoms with Crippen LogP contribution in [0.25, 0.3) is 0 Å². The number of aromatic nitrogens is 1. The van der Waals surface area contributed by atoms with Crippen molar-refractivity contribution in [2.75, 3.05) is 6.54 Å². The Morgan fingerprint density at radius 2 is 2.00 bits per heavy atom. The van der Waals surface area contributed by atoms with E-state index in [1.807, 2.05) is 6.92 Å². The van der Waals surface area contributed by atoms with E-state index in [4.69, 9.17) is 0 Å². The number of carbonyl (C=O) groups excluding carboxylic acids is 2. The molecule has 2 atom stereocenters. The van der Waals surface area contributed by atoms with Crippen LogP contribution in [0.5, 0.6) is 0 Å². The van der Waals surface area contributed by atoms with E-state index < -0.39 is 26.9 Å². The minimum atomic E-state index is -3.73. The molecule has 26 heavy (non-hydrogen) atoms. The Balaban J connectivity index is 2.19. The second-order valence-electron chi connectivity index (χ2n) is 5.74. The first-order valence-corrected chi connectivity index (χ1v) is 10.5. The Bertz CT molecular complexity index is 836. The number of amides is 2. The van der Waals surface area contributed by atoms with Gasteiger partial charge >= 0.3 is 11.8 Å². The molecule has 0 saturated heterocycles. The van der Waals surface area contributed by atoms with Crippen molar-refractivity contribution in [1.82, 2.24) is 15.6 Å². The molecule has 0 fully saturated rings. The molecule has 2 aromatic heterocycles. The molecule has 2 heterocycles. The fourth-order valence-corrected chi connectivity index (χ4v) is 5.04. The topological polar surface area (TPSA) is 105 Å². The van der Waals surface area contributed by atoms with E-state index in [9.17, 15) is 18.0 Å². The summed E-state index contributed by atoms with van der Waals surface area (Å²) >= 11 is 1.10.